The average molecular weight is 534 g/mol. The first-order valence-electron chi connectivity index (χ1n) is 11.8. The van der Waals surface area contributed by atoms with Gasteiger partial charge in [0.2, 0.25) is 5.78 Å². The number of pyridine rings is 1. The number of esters is 1. The van der Waals surface area contributed by atoms with Crippen LogP contribution >= 0.6 is 23.2 Å². The lowest BCUT2D eigenvalue weighted by Crippen LogP contribution is -2.54. The molecule has 0 unspecified atom stereocenters. The molecule has 10 heteroatoms. The third-order valence-corrected chi connectivity index (χ3v) is 7.23. The quantitative estimate of drug-likeness (QED) is 0.439. The van der Waals surface area contributed by atoms with Gasteiger partial charge in [-0.05, 0) is 37.5 Å². The number of anilines is 1. The Bertz CT molecular complexity index is 1190. The Hall–Kier alpha value is -2.97. The van der Waals surface area contributed by atoms with Crippen molar-refractivity contribution >= 4 is 46.5 Å². The molecule has 1 fully saturated rings. The summed E-state index contributed by atoms with van der Waals surface area (Å²) in [4.78, 5) is 41.6. The molecule has 2 aliphatic rings. The number of amides is 1. The van der Waals surface area contributed by atoms with E-state index in [1.807, 2.05) is 0 Å². The Morgan fingerprint density at radius 1 is 1.11 bits per heavy atom. The second-order valence-electron chi connectivity index (χ2n) is 8.94. The highest BCUT2D eigenvalue weighted by atomic mass is 35.5. The summed E-state index contributed by atoms with van der Waals surface area (Å²) < 4.78 is 19.8. The van der Waals surface area contributed by atoms with Gasteiger partial charge < -0.3 is 15.4 Å². The molecule has 1 saturated carbocycles. The monoisotopic (exact) mass is 533 g/mol. The van der Waals surface area contributed by atoms with Crippen molar-refractivity contribution in [1.29, 1.82) is 0 Å². The summed E-state index contributed by atoms with van der Waals surface area (Å²) in [5, 5.41) is 6.00. The summed E-state index contributed by atoms with van der Waals surface area (Å²) in [5.41, 5.74) is 0.735. The van der Waals surface area contributed by atoms with E-state index in [9.17, 15) is 18.8 Å². The van der Waals surface area contributed by atoms with Gasteiger partial charge in [0, 0.05) is 24.5 Å². The number of Topliss-reactive ketones (excluding diaryl/α,β-unsaturated/α-hetero) is 1. The molecule has 4 rings (SSSR count). The normalized spacial score (nSPS) is 17.4. The zero-order valence-electron chi connectivity index (χ0n) is 19.7. The number of rotatable bonds is 8. The van der Waals surface area contributed by atoms with Crippen LogP contribution in [-0.2, 0) is 20.7 Å². The van der Waals surface area contributed by atoms with Crippen LogP contribution in [0.5, 0.6) is 0 Å². The number of aromatic nitrogens is 1. The van der Waals surface area contributed by atoms with Crippen molar-refractivity contribution in [2.45, 2.75) is 51.5 Å². The minimum Gasteiger partial charge on any atom is -0.464 e. The molecule has 190 valence electrons. The number of hydrogen-bond acceptors (Lipinski definition) is 6. The molecule has 2 aliphatic carbocycles. The van der Waals surface area contributed by atoms with Crippen LogP contribution in [0.3, 0.4) is 0 Å². The summed E-state index contributed by atoms with van der Waals surface area (Å²) in [6.45, 7) is 1.87. The predicted octanol–water partition coefficient (Wildman–Crippen LogP) is 5.42. The van der Waals surface area contributed by atoms with Gasteiger partial charge >= 0.3 is 5.97 Å². The molecular formula is C26H26Cl2FN3O4. The summed E-state index contributed by atoms with van der Waals surface area (Å²) in [6.07, 6.45) is 6.73. The van der Waals surface area contributed by atoms with Crippen molar-refractivity contribution in [3.05, 3.63) is 69.4 Å². The van der Waals surface area contributed by atoms with E-state index in [0.717, 1.165) is 24.8 Å². The van der Waals surface area contributed by atoms with Crippen LogP contribution < -0.4 is 10.6 Å². The fourth-order valence-electron chi connectivity index (χ4n) is 4.81. The molecule has 1 atom stereocenters. The largest absolute Gasteiger partial charge is 0.464 e. The number of hydrogen-bond donors (Lipinski definition) is 2. The molecule has 2 aromatic rings. The molecule has 1 aromatic carbocycles. The van der Waals surface area contributed by atoms with Crippen LogP contribution in [0.15, 0.2) is 48.2 Å². The van der Waals surface area contributed by atoms with Gasteiger partial charge in [-0.3, -0.25) is 14.6 Å². The summed E-state index contributed by atoms with van der Waals surface area (Å²) in [7, 11) is 0. The van der Waals surface area contributed by atoms with Crippen molar-refractivity contribution in [3.63, 3.8) is 0 Å². The Morgan fingerprint density at radius 2 is 1.75 bits per heavy atom. The minimum absolute atomic E-state index is 0.117. The first-order valence-corrected chi connectivity index (χ1v) is 12.6. The topological polar surface area (TPSA) is 97.4 Å². The molecule has 1 aromatic heterocycles. The number of ketones is 1. The molecule has 7 nitrogen and oxygen atoms in total. The molecule has 1 heterocycles. The van der Waals surface area contributed by atoms with Gasteiger partial charge in [0.1, 0.15) is 6.04 Å². The number of benzene rings is 1. The van der Waals surface area contributed by atoms with Crippen LogP contribution in [-0.4, -0.2) is 35.3 Å². The SMILES string of the molecule is CCOC(=O)[C@H](Cc1ccc(NC(=O)c2c(Cl)cncc2Cl)cc1)NC1=C(F)C(=O)C12CCCCC2. The van der Waals surface area contributed by atoms with Crippen LogP contribution in [0.4, 0.5) is 10.1 Å². The Kier molecular flexibility index (Phi) is 7.95. The highest BCUT2D eigenvalue weighted by molar-refractivity contribution is 6.40. The van der Waals surface area contributed by atoms with E-state index in [-0.39, 0.29) is 34.3 Å². The smallest absolute Gasteiger partial charge is 0.328 e. The molecule has 2 N–H and O–H groups in total. The predicted molar refractivity (Wildman–Crippen MR) is 135 cm³/mol. The van der Waals surface area contributed by atoms with E-state index in [0.29, 0.717) is 18.5 Å². The highest BCUT2D eigenvalue weighted by Crippen LogP contribution is 2.52. The zero-order chi connectivity index (χ0) is 25.9. The highest BCUT2D eigenvalue weighted by Gasteiger charge is 2.55. The van der Waals surface area contributed by atoms with Crippen LogP contribution in [0.1, 0.15) is 54.9 Å². The molecule has 1 amide bonds. The van der Waals surface area contributed by atoms with Crippen molar-refractivity contribution in [1.82, 2.24) is 10.3 Å². The average Bonchev–Trinajstić information content (AvgIpc) is 2.87. The van der Waals surface area contributed by atoms with Crippen LogP contribution in [0.2, 0.25) is 10.0 Å². The van der Waals surface area contributed by atoms with E-state index in [1.54, 1.807) is 31.2 Å². The van der Waals surface area contributed by atoms with Crippen LogP contribution in [0, 0.1) is 5.41 Å². The van der Waals surface area contributed by atoms with E-state index in [4.69, 9.17) is 27.9 Å². The molecule has 0 aliphatic heterocycles. The van der Waals surface area contributed by atoms with Crippen molar-refractivity contribution in [2.75, 3.05) is 11.9 Å². The molecule has 0 saturated heterocycles. The Morgan fingerprint density at radius 3 is 2.36 bits per heavy atom. The van der Waals surface area contributed by atoms with Gasteiger partial charge in [-0.1, -0.05) is 54.6 Å². The molecule has 0 radical (unpaired) electrons. The number of nitrogens with one attached hydrogen (secondary N) is 2. The molecule has 0 bridgehead atoms. The lowest BCUT2D eigenvalue weighted by atomic mass is 9.61. The summed E-state index contributed by atoms with van der Waals surface area (Å²) in [5.74, 6) is -2.27. The van der Waals surface area contributed by atoms with E-state index >= 15 is 0 Å². The van der Waals surface area contributed by atoms with E-state index < -0.39 is 34.9 Å². The maximum Gasteiger partial charge on any atom is 0.328 e. The fraction of sp³-hybridized carbons (Fsp3) is 0.385. The first kappa shape index (κ1) is 26.1. The second-order valence-corrected chi connectivity index (χ2v) is 9.76. The summed E-state index contributed by atoms with van der Waals surface area (Å²) in [6, 6.07) is 5.97. The number of carbonyl (C=O) groups excluding carboxylic acids is 3. The lowest BCUT2D eigenvalue weighted by Gasteiger charge is -2.45. The van der Waals surface area contributed by atoms with Crippen LogP contribution in [0.25, 0.3) is 0 Å². The van der Waals surface area contributed by atoms with E-state index in [1.165, 1.54) is 12.4 Å². The number of ether oxygens (including phenoxy) is 1. The standard InChI is InChI=1S/C26H26Cl2FN3O4/c1-2-36-25(35)19(32-22-21(29)23(33)26(22)10-4-3-5-11-26)12-15-6-8-16(9-7-15)31-24(34)20-17(27)13-30-14-18(20)28/h6-9,13-14,19,32H,2-5,10-12H2,1H3,(H,31,34)/t19-/m0/s1. The maximum atomic E-state index is 14.6. The van der Waals surface area contributed by atoms with E-state index in [2.05, 4.69) is 15.6 Å². The minimum atomic E-state index is -0.868. The lowest BCUT2D eigenvalue weighted by molar-refractivity contribution is -0.146. The van der Waals surface area contributed by atoms with Crippen molar-refractivity contribution in [2.24, 2.45) is 5.41 Å². The summed E-state index contributed by atoms with van der Waals surface area (Å²) >= 11 is 12.1. The fourth-order valence-corrected chi connectivity index (χ4v) is 5.35. The van der Waals surface area contributed by atoms with Gasteiger partial charge in [-0.2, -0.15) is 0 Å². The third kappa shape index (κ3) is 5.11. The maximum absolute atomic E-state index is 14.6. The Labute approximate surface area is 218 Å². The van der Waals surface area contributed by atoms with Crippen molar-refractivity contribution < 1.29 is 23.5 Å². The van der Waals surface area contributed by atoms with Gasteiger partial charge in [0.05, 0.1) is 33.3 Å². The Balaban J connectivity index is 1.48. The number of carbonyl (C=O) groups is 3. The molecule has 36 heavy (non-hydrogen) atoms. The van der Waals surface area contributed by atoms with Gasteiger partial charge in [0.25, 0.3) is 5.91 Å². The molecular weight excluding hydrogens is 508 g/mol. The molecule has 1 spiro atoms. The first-order chi connectivity index (χ1) is 17.3. The van der Waals surface area contributed by atoms with Crippen molar-refractivity contribution in [3.8, 4) is 0 Å². The number of nitrogens with zero attached hydrogens (tertiary/aromatic N) is 1. The second kappa shape index (κ2) is 11.0. The number of allylic oxidation sites excluding steroid dienone is 2. The zero-order valence-corrected chi connectivity index (χ0v) is 21.2. The van der Waals surface area contributed by atoms with Gasteiger partial charge in [-0.25, -0.2) is 9.18 Å². The van der Waals surface area contributed by atoms with Gasteiger partial charge in [-0.15, -0.1) is 0 Å². The number of halogens is 3. The van der Waals surface area contributed by atoms with Gasteiger partial charge in [0.15, 0.2) is 5.83 Å². The third-order valence-electron chi connectivity index (χ3n) is 6.66.